The Kier molecular flexibility index (Phi) is 6.07. The zero-order chi connectivity index (χ0) is 22.0. The number of likely N-dealkylation sites (tertiary alicyclic amines) is 1. The lowest BCUT2D eigenvalue weighted by atomic mass is 9.98. The van der Waals surface area contributed by atoms with Gasteiger partial charge >= 0.3 is 0 Å². The predicted molar refractivity (Wildman–Crippen MR) is 122 cm³/mol. The van der Waals surface area contributed by atoms with Gasteiger partial charge in [0, 0.05) is 37.9 Å². The first kappa shape index (κ1) is 21.1. The number of carbonyl (C=O) groups is 1. The van der Waals surface area contributed by atoms with Crippen LogP contribution in [-0.2, 0) is 11.3 Å². The summed E-state index contributed by atoms with van der Waals surface area (Å²) in [6.07, 6.45) is 1.71. The summed E-state index contributed by atoms with van der Waals surface area (Å²) < 4.78 is 7.57. The molecule has 2 heterocycles. The smallest absolute Gasteiger partial charge is 0.274 e. The molecule has 1 amide bonds. The summed E-state index contributed by atoms with van der Waals surface area (Å²) in [6, 6.07) is 15.5. The zero-order valence-electron chi connectivity index (χ0n) is 18.4. The molecule has 0 aliphatic carbocycles. The van der Waals surface area contributed by atoms with E-state index in [0.717, 1.165) is 24.0 Å². The van der Waals surface area contributed by atoms with E-state index in [0.29, 0.717) is 30.7 Å². The third-order valence-electron chi connectivity index (χ3n) is 6.02. The van der Waals surface area contributed by atoms with E-state index in [2.05, 4.69) is 18.1 Å². The highest BCUT2D eigenvalue weighted by atomic mass is 16.5. The highest BCUT2D eigenvalue weighted by Crippen LogP contribution is 2.26. The number of hydrogen-bond donors (Lipinski definition) is 0. The monoisotopic (exact) mass is 419 g/mol. The van der Waals surface area contributed by atoms with Crippen molar-refractivity contribution >= 4 is 16.7 Å². The van der Waals surface area contributed by atoms with Gasteiger partial charge in [-0.3, -0.25) is 9.59 Å². The molecule has 1 aromatic heterocycles. The van der Waals surface area contributed by atoms with Crippen LogP contribution in [0.2, 0.25) is 0 Å². The summed E-state index contributed by atoms with van der Waals surface area (Å²) in [5.74, 6) is 0.515. The molecular weight excluding hydrogens is 390 g/mol. The first-order chi connectivity index (χ1) is 15.0. The van der Waals surface area contributed by atoms with Crippen LogP contribution in [0.25, 0.3) is 10.8 Å². The van der Waals surface area contributed by atoms with Gasteiger partial charge in [0.25, 0.3) is 5.56 Å². The first-order valence-electron chi connectivity index (χ1n) is 11.0. The SMILES string of the molecule is CCn1nc([C@@H](C)C(=O)N2CCC(Oc3cccc(C)c3)CC2)c2ccccc2c1=O. The molecule has 0 radical (unpaired) electrons. The zero-order valence-corrected chi connectivity index (χ0v) is 18.4. The van der Waals surface area contributed by atoms with Gasteiger partial charge in [0.15, 0.2) is 0 Å². The van der Waals surface area contributed by atoms with E-state index in [1.54, 1.807) is 6.07 Å². The van der Waals surface area contributed by atoms with Gasteiger partial charge in [-0.05, 0) is 44.5 Å². The summed E-state index contributed by atoms with van der Waals surface area (Å²) in [4.78, 5) is 27.8. The molecule has 6 heteroatoms. The number of rotatable bonds is 5. The quantitative estimate of drug-likeness (QED) is 0.629. The van der Waals surface area contributed by atoms with Gasteiger partial charge < -0.3 is 9.64 Å². The maximum atomic E-state index is 13.3. The minimum absolute atomic E-state index is 0.0490. The van der Waals surface area contributed by atoms with E-state index in [1.807, 2.05) is 55.1 Å². The molecule has 0 saturated carbocycles. The molecule has 1 atom stereocenters. The van der Waals surface area contributed by atoms with Crippen LogP contribution in [0.4, 0.5) is 0 Å². The normalized spacial score (nSPS) is 15.8. The fourth-order valence-corrected chi connectivity index (χ4v) is 4.26. The Morgan fingerprint density at radius 2 is 1.84 bits per heavy atom. The molecule has 1 saturated heterocycles. The number of aromatic nitrogens is 2. The molecular formula is C25H29N3O3. The fourth-order valence-electron chi connectivity index (χ4n) is 4.26. The van der Waals surface area contributed by atoms with E-state index in [4.69, 9.17) is 4.74 Å². The Hall–Kier alpha value is -3.15. The Bertz CT molecular complexity index is 1150. The Morgan fingerprint density at radius 1 is 1.13 bits per heavy atom. The number of ether oxygens (including phenoxy) is 1. The lowest BCUT2D eigenvalue weighted by Gasteiger charge is -2.33. The largest absolute Gasteiger partial charge is 0.490 e. The van der Waals surface area contributed by atoms with Crippen LogP contribution in [0.1, 0.15) is 43.9 Å². The number of fused-ring (bicyclic) bond motifs is 1. The summed E-state index contributed by atoms with van der Waals surface area (Å²) >= 11 is 0. The number of piperidine rings is 1. The summed E-state index contributed by atoms with van der Waals surface area (Å²) in [5.41, 5.74) is 1.72. The number of benzene rings is 2. The van der Waals surface area contributed by atoms with E-state index < -0.39 is 5.92 Å². The van der Waals surface area contributed by atoms with Gasteiger partial charge in [-0.15, -0.1) is 0 Å². The Morgan fingerprint density at radius 3 is 2.52 bits per heavy atom. The van der Waals surface area contributed by atoms with Crippen LogP contribution in [0, 0.1) is 6.92 Å². The molecule has 1 aliphatic heterocycles. The van der Waals surface area contributed by atoms with Crippen molar-refractivity contribution < 1.29 is 9.53 Å². The first-order valence-corrected chi connectivity index (χ1v) is 11.0. The van der Waals surface area contributed by atoms with Crippen molar-refractivity contribution in [3.8, 4) is 5.75 Å². The molecule has 1 fully saturated rings. The van der Waals surface area contributed by atoms with Crippen molar-refractivity contribution in [1.29, 1.82) is 0 Å². The van der Waals surface area contributed by atoms with Crippen molar-refractivity contribution in [2.24, 2.45) is 0 Å². The van der Waals surface area contributed by atoms with Crippen molar-refractivity contribution in [1.82, 2.24) is 14.7 Å². The van der Waals surface area contributed by atoms with Crippen LogP contribution in [0.5, 0.6) is 5.75 Å². The number of amides is 1. The molecule has 0 unspecified atom stereocenters. The third kappa shape index (κ3) is 4.33. The minimum Gasteiger partial charge on any atom is -0.490 e. The predicted octanol–water partition coefficient (Wildman–Crippen LogP) is 3.90. The van der Waals surface area contributed by atoms with Crippen LogP contribution < -0.4 is 10.3 Å². The van der Waals surface area contributed by atoms with E-state index >= 15 is 0 Å². The molecule has 2 aromatic carbocycles. The van der Waals surface area contributed by atoms with Gasteiger partial charge in [-0.2, -0.15) is 5.10 Å². The standard InChI is InChI=1S/C25H29N3O3/c1-4-28-25(30)22-11-6-5-10-21(22)23(26-28)18(3)24(29)27-14-12-19(13-15-27)31-20-9-7-8-17(2)16-20/h5-11,16,18-19H,4,12-15H2,1-3H3/t18-/m1/s1. The summed E-state index contributed by atoms with van der Waals surface area (Å²) in [6.45, 7) is 7.61. The second-order valence-corrected chi connectivity index (χ2v) is 8.23. The molecule has 6 nitrogen and oxygen atoms in total. The maximum absolute atomic E-state index is 13.3. The van der Waals surface area contributed by atoms with Crippen LogP contribution in [-0.4, -0.2) is 39.8 Å². The number of aryl methyl sites for hydroxylation is 2. The maximum Gasteiger partial charge on any atom is 0.274 e. The molecule has 31 heavy (non-hydrogen) atoms. The van der Waals surface area contributed by atoms with Gasteiger partial charge in [-0.25, -0.2) is 4.68 Å². The Balaban J connectivity index is 1.48. The highest BCUT2D eigenvalue weighted by Gasteiger charge is 2.29. The highest BCUT2D eigenvalue weighted by molar-refractivity contribution is 5.91. The van der Waals surface area contributed by atoms with Crippen LogP contribution in [0.3, 0.4) is 0 Å². The van der Waals surface area contributed by atoms with Crippen LogP contribution in [0.15, 0.2) is 53.3 Å². The summed E-state index contributed by atoms with van der Waals surface area (Å²) in [5, 5.41) is 5.92. The van der Waals surface area contributed by atoms with Gasteiger partial charge in [-0.1, -0.05) is 30.3 Å². The fraction of sp³-hybridized carbons (Fsp3) is 0.400. The lowest BCUT2D eigenvalue weighted by Crippen LogP contribution is -2.43. The average molecular weight is 420 g/mol. The molecule has 0 N–H and O–H groups in total. The van der Waals surface area contributed by atoms with Crippen molar-refractivity contribution in [3.63, 3.8) is 0 Å². The molecule has 162 valence electrons. The molecule has 0 bridgehead atoms. The molecule has 1 aliphatic rings. The second-order valence-electron chi connectivity index (χ2n) is 8.23. The second kappa shape index (κ2) is 8.92. The Labute approximate surface area is 182 Å². The molecule has 3 aromatic rings. The number of nitrogens with zero attached hydrogens (tertiary/aromatic N) is 3. The van der Waals surface area contributed by atoms with Gasteiger partial charge in [0.1, 0.15) is 11.9 Å². The average Bonchev–Trinajstić information content (AvgIpc) is 2.79. The van der Waals surface area contributed by atoms with E-state index in [-0.39, 0.29) is 17.6 Å². The van der Waals surface area contributed by atoms with Gasteiger partial charge in [0.05, 0.1) is 17.0 Å². The van der Waals surface area contributed by atoms with Crippen molar-refractivity contribution in [2.45, 2.75) is 52.2 Å². The van der Waals surface area contributed by atoms with Crippen molar-refractivity contribution in [3.05, 3.63) is 70.1 Å². The molecule has 4 rings (SSSR count). The van der Waals surface area contributed by atoms with Crippen molar-refractivity contribution in [2.75, 3.05) is 13.1 Å². The lowest BCUT2D eigenvalue weighted by molar-refractivity contribution is -0.134. The van der Waals surface area contributed by atoms with E-state index in [1.165, 1.54) is 10.2 Å². The van der Waals surface area contributed by atoms with Crippen LogP contribution >= 0.6 is 0 Å². The van der Waals surface area contributed by atoms with E-state index in [9.17, 15) is 9.59 Å². The number of carbonyl (C=O) groups excluding carboxylic acids is 1. The third-order valence-corrected chi connectivity index (χ3v) is 6.02. The topological polar surface area (TPSA) is 64.4 Å². The molecule has 0 spiro atoms. The minimum atomic E-state index is -0.419. The summed E-state index contributed by atoms with van der Waals surface area (Å²) in [7, 11) is 0. The van der Waals surface area contributed by atoms with Gasteiger partial charge in [0.2, 0.25) is 5.91 Å². The number of hydrogen-bond acceptors (Lipinski definition) is 4.